The highest BCUT2D eigenvalue weighted by atomic mass is 16.5. The van der Waals surface area contributed by atoms with Crippen LogP contribution in [0.4, 0.5) is 5.82 Å². The van der Waals surface area contributed by atoms with Crippen molar-refractivity contribution in [2.24, 2.45) is 5.92 Å². The molecule has 0 saturated carbocycles. The molecule has 1 aromatic rings. The molecule has 7 nitrogen and oxygen atoms in total. The highest BCUT2D eigenvalue weighted by Gasteiger charge is 2.43. The molecule has 7 heteroatoms. The van der Waals surface area contributed by atoms with Gasteiger partial charge in [0.05, 0.1) is 11.8 Å². The van der Waals surface area contributed by atoms with Gasteiger partial charge in [0.15, 0.2) is 5.82 Å². The summed E-state index contributed by atoms with van der Waals surface area (Å²) in [5.41, 5.74) is 0.925. The summed E-state index contributed by atoms with van der Waals surface area (Å²) in [6, 6.07) is 4.01. The third-order valence-electron chi connectivity index (χ3n) is 5.75. The summed E-state index contributed by atoms with van der Waals surface area (Å²) >= 11 is 0. The summed E-state index contributed by atoms with van der Waals surface area (Å²) in [6.45, 7) is 7.23. The Morgan fingerprint density at radius 3 is 2.68 bits per heavy atom. The number of piperazine rings is 1. The summed E-state index contributed by atoms with van der Waals surface area (Å²) in [4.78, 5) is 19.3. The number of aryl methyl sites for hydroxylation is 1. The summed E-state index contributed by atoms with van der Waals surface area (Å²) in [7, 11) is 2.10. The van der Waals surface area contributed by atoms with Gasteiger partial charge in [-0.1, -0.05) is 0 Å². The zero-order valence-electron chi connectivity index (χ0n) is 15.1. The molecule has 3 saturated heterocycles. The standard InChI is InChI=1S/C18H27N5O2/c1-13-3-4-17(20-19-13)23-6-5-14-11-15(25-16(14)12-23)18(24)22-9-7-21(2)8-10-22/h3-4,14-16H,5-12H2,1-2H3/t14-,15-,16+/m0/s1. The normalized spacial score (nSPS) is 30.4. The minimum atomic E-state index is -0.262. The molecule has 1 amide bonds. The van der Waals surface area contributed by atoms with E-state index in [2.05, 4.69) is 27.0 Å². The van der Waals surface area contributed by atoms with Crippen molar-refractivity contribution >= 4 is 11.7 Å². The quantitative estimate of drug-likeness (QED) is 0.780. The van der Waals surface area contributed by atoms with E-state index in [0.717, 1.165) is 63.6 Å². The lowest BCUT2D eigenvalue weighted by Crippen LogP contribution is -2.50. The second-order valence-electron chi connectivity index (χ2n) is 7.56. The van der Waals surface area contributed by atoms with Crippen LogP contribution in [-0.4, -0.2) is 84.4 Å². The molecule has 3 aliphatic rings. The predicted molar refractivity (Wildman–Crippen MR) is 94.4 cm³/mol. The third kappa shape index (κ3) is 3.48. The largest absolute Gasteiger partial charge is 0.363 e. The van der Waals surface area contributed by atoms with Gasteiger partial charge in [-0.15, -0.1) is 5.10 Å². The molecule has 3 fully saturated rings. The third-order valence-corrected chi connectivity index (χ3v) is 5.75. The summed E-state index contributed by atoms with van der Waals surface area (Å²) in [5, 5.41) is 8.44. The van der Waals surface area contributed by atoms with Crippen LogP contribution in [0.3, 0.4) is 0 Å². The van der Waals surface area contributed by atoms with Crippen LogP contribution in [0.2, 0.25) is 0 Å². The molecule has 4 rings (SSSR count). The van der Waals surface area contributed by atoms with E-state index in [4.69, 9.17) is 4.74 Å². The fraction of sp³-hybridized carbons (Fsp3) is 0.722. The van der Waals surface area contributed by atoms with Crippen LogP contribution in [0.5, 0.6) is 0 Å². The molecule has 0 aliphatic carbocycles. The van der Waals surface area contributed by atoms with Crippen molar-refractivity contribution in [2.75, 3.05) is 51.2 Å². The fourth-order valence-electron chi connectivity index (χ4n) is 4.09. The first-order valence-corrected chi connectivity index (χ1v) is 9.28. The highest BCUT2D eigenvalue weighted by molar-refractivity contribution is 5.81. The van der Waals surface area contributed by atoms with Gasteiger partial charge in [0.2, 0.25) is 0 Å². The minimum Gasteiger partial charge on any atom is -0.363 e. The number of carbonyl (C=O) groups excluding carboxylic acids is 1. The van der Waals surface area contributed by atoms with Crippen molar-refractivity contribution < 1.29 is 9.53 Å². The molecule has 0 radical (unpaired) electrons. The second-order valence-corrected chi connectivity index (χ2v) is 7.56. The van der Waals surface area contributed by atoms with Gasteiger partial charge in [0, 0.05) is 39.3 Å². The van der Waals surface area contributed by atoms with E-state index < -0.39 is 0 Å². The number of aromatic nitrogens is 2. The maximum atomic E-state index is 12.8. The summed E-state index contributed by atoms with van der Waals surface area (Å²) in [5.74, 6) is 1.57. The number of hydrogen-bond acceptors (Lipinski definition) is 6. The molecule has 25 heavy (non-hydrogen) atoms. The SMILES string of the molecule is Cc1ccc(N2CC[C@H]3C[C@@H](C(=O)N4CCN(C)CC4)O[C@@H]3C2)nn1. The fourth-order valence-corrected chi connectivity index (χ4v) is 4.09. The lowest BCUT2D eigenvalue weighted by Gasteiger charge is -2.35. The number of anilines is 1. The van der Waals surface area contributed by atoms with E-state index in [1.165, 1.54) is 0 Å². The molecule has 0 unspecified atom stereocenters. The van der Waals surface area contributed by atoms with E-state index in [1.54, 1.807) is 0 Å². The van der Waals surface area contributed by atoms with Crippen LogP contribution in [-0.2, 0) is 9.53 Å². The van der Waals surface area contributed by atoms with Gasteiger partial charge in [-0.3, -0.25) is 4.79 Å². The molecule has 0 N–H and O–H groups in total. The van der Waals surface area contributed by atoms with Gasteiger partial charge >= 0.3 is 0 Å². The number of likely N-dealkylation sites (N-methyl/N-ethyl adjacent to an activating group) is 1. The first-order chi connectivity index (χ1) is 12.1. The van der Waals surface area contributed by atoms with Crippen LogP contribution < -0.4 is 4.90 Å². The van der Waals surface area contributed by atoms with E-state index in [-0.39, 0.29) is 18.1 Å². The number of amides is 1. The van der Waals surface area contributed by atoms with Crippen LogP contribution in [0.15, 0.2) is 12.1 Å². The van der Waals surface area contributed by atoms with E-state index in [1.807, 2.05) is 24.0 Å². The molecule has 3 atom stereocenters. The molecule has 0 spiro atoms. The molecule has 4 heterocycles. The Hall–Kier alpha value is -1.73. The van der Waals surface area contributed by atoms with Crippen molar-refractivity contribution in [3.8, 4) is 0 Å². The number of piperidine rings is 1. The Bertz CT molecular complexity index is 614. The van der Waals surface area contributed by atoms with Gasteiger partial charge in [-0.05, 0) is 44.9 Å². The molecule has 3 aliphatic heterocycles. The lowest BCUT2D eigenvalue weighted by atomic mass is 9.91. The average Bonchev–Trinajstić information content (AvgIpc) is 3.05. The molecular formula is C18H27N5O2. The van der Waals surface area contributed by atoms with Crippen molar-refractivity contribution in [3.63, 3.8) is 0 Å². The Balaban J connectivity index is 1.36. The van der Waals surface area contributed by atoms with Gasteiger partial charge < -0.3 is 19.4 Å². The zero-order chi connectivity index (χ0) is 17.4. The summed E-state index contributed by atoms with van der Waals surface area (Å²) < 4.78 is 6.19. The zero-order valence-corrected chi connectivity index (χ0v) is 15.1. The van der Waals surface area contributed by atoms with Gasteiger partial charge in [-0.25, -0.2) is 0 Å². The molecule has 1 aromatic heterocycles. The first-order valence-electron chi connectivity index (χ1n) is 9.28. The van der Waals surface area contributed by atoms with Gasteiger partial charge in [0.25, 0.3) is 5.91 Å². The van der Waals surface area contributed by atoms with E-state index in [9.17, 15) is 4.79 Å². The molecular weight excluding hydrogens is 318 g/mol. The van der Waals surface area contributed by atoms with Crippen molar-refractivity contribution in [3.05, 3.63) is 17.8 Å². The maximum Gasteiger partial charge on any atom is 0.251 e. The Morgan fingerprint density at radius 2 is 1.96 bits per heavy atom. The predicted octanol–water partition coefficient (Wildman–Crippen LogP) is 0.543. The maximum absolute atomic E-state index is 12.8. The van der Waals surface area contributed by atoms with Crippen LogP contribution in [0.1, 0.15) is 18.5 Å². The van der Waals surface area contributed by atoms with Gasteiger partial charge in [0.1, 0.15) is 6.10 Å². The minimum absolute atomic E-state index is 0.123. The topological polar surface area (TPSA) is 61.8 Å². The summed E-state index contributed by atoms with van der Waals surface area (Å²) in [6.07, 6.45) is 1.77. The number of nitrogens with zero attached hydrogens (tertiary/aromatic N) is 5. The van der Waals surface area contributed by atoms with E-state index in [0.29, 0.717) is 5.92 Å². The number of carbonyl (C=O) groups is 1. The molecule has 0 aromatic carbocycles. The average molecular weight is 345 g/mol. The smallest absolute Gasteiger partial charge is 0.251 e. The number of ether oxygens (including phenoxy) is 1. The number of rotatable bonds is 2. The van der Waals surface area contributed by atoms with Crippen molar-refractivity contribution in [1.82, 2.24) is 20.0 Å². The van der Waals surface area contributed by atoms with Crippen molar-refractivity contribution in [1.29, 1.82) is 0 Å². The number of fused-ring (bicyclic) bond motifs is 1. The molecule has 0 bridgehead atoms. The highest BCUT2D eigenvalue weighted by Crippen LogP contribution is 2.35. The monoisotopic (exact) mass is 345 g/mol. The lowest BCUT2D eigenvalue weighted by molar-refractivity contribution is -0.144. The molecule has 136 valence electrons. The van der Waals surface area contributed by atoms with Crippen LogP contribution >= 0.6 is 0 Å². The first kappa shape index (κ1) is 16.7. The van der Waals surface area contributed by atoms with Crippen LogP contribution in [0.25, 0.3) is 0 Å². The van der Waals surface area contributed by atoms with Gasteiger partial charge in [-0.2, -0.15) is 5.10 Å². The Morgan fingerprint density at radius 1 is 1.16 bits per heavy atom. The van der Waals surface area contributed by atoms with E-state index >= 15 is 0 Å². The second kappa shape index (κ2) is 6.88. The Labute approximate surface area is 148 Å². The number of hydrogen-bond donors (Lipinski definition) is 0. The Kier molecular flexibility index (Phi) is 4.60. The van der Waals surface area contributed by atoms with Crippen molar-refractivity contribution in [2.45, 2.75) is 32.0 Å². The van der Waals surface area contributed by atoms with Crippen LogP contribution in [0, 0.1) is 12.8 Å².